The van der Waals surface area contributed by atoms with Gasteiger partial charge in [-0.2, -0.15) is 0 Å². The molecule has 3 rings (SSSR count). The van der Waals surface area contributed by atoms with Gasteiger partial charge in [0, 0.05) is 5.41 Å². The molecule has 0 aromatic carbocycles. The van der Waals surface area contributed by atoms with Crippen LogP contribution in [0.15, 0.2) is 0 Å². The molecular formula is C12H17ClO. The van der Waals surface area contributed by atoms with E-state index in [1.165, 1.54) is 32.1 Å². The summed E-state index contributed by atoms with van der Waals surface area (Å²) in [7, 11) is 0. The first-order valence-electron chi connectivity index (χ1n) is 5.92. The van der Waals surface area contributed by atoms with Crippen LogP contribution >= 0.6 is 11.6 Å². The quantitative estimate of drug-likeness (QED) is 0.610. The number of fused-ring (bicyclic) bond motifs is 6. The highest BCUT2D eigenvalue weighted by molar-refractivity contribution is 6.64. The highest BCUT2D eigenvalue weighted by Crippen LogP contribution is 2.61. The predicted octanol–water partition coefficient (Wildman–Crippen LogP) is 3.36. The fourth-order valence-corrected chi connectivity index (χ4v) is 4.74. The van der Waals surface area contributed by atoms with E-state index in [1.807, 2.05) is 0 Å². The van der Waals surface area contributed by atoms with Gasteiger partial charge in [0.1, 0.15) is 0 Å². The summed E-state index contributed by atoms with van der Waals surface area (Å²) < 4.78 is 0. The highest BCUT2D eigenvalue weighted by atomic mass is 35.5. The summed E-state index contributed by atoms with van der Waals surface area (Å²) >= 11 is 5.87. The zero-order valence-corrected chi connectivity index (χ0v) is 9.22. The van der Waals surface area contributed by atoms with Crippen LogP contribution in [0.2, 0.25) is 0 Å². The van der Waals surface area contributed by atoms with E-state index in [-0.39, 0.29) is 10.7 Å². The molecule has 3 fully saturated rings. The maximum atomic E-state index is 11.7. The molecule has 4 atom stereocenters. The molecule has 0 N–H and O–H groups in total. The van der Waals surface area contributed by atoms with Crippen LogP contribution in [0.5, 0.6) is 0 Å². The molecule has 1 nitrogen and oxygen atoms in total. The van der Waals surface area contributed by atoms with E-state index in [4.69, 9.17) is 11.6 Å². The molecule has 0 saturated heterocycles. The van der Waals surface area contributed by atoms with E-state index in [9.17, 15) is 4.79 Å². The third kappa shape index (κ3) is 1.05. The van der Waals surface area contributed by atoms with Gasteiger partial charge in [-0.1, -0.05) is 12.8 Å². The Morgan fingerprint density at radius 3 is 2.86 bits per heavy atom. The van der Waals surface area contributed by atoms with Crippen LogP contribution in [-0.4, -0.2) is 5.24 Å². The Balaban J connectivity index is 1.99. The van der Waals surface area contributed by atoms with Crippen LogP contribution in [0.3, 0.4) is 0 Å². The third-order valence-corrected chi connectivity index (χ3v) is 5.51. The van der Waals surface area contributed by atoms with Crippen molar-refractivity contribution in [2.24, 2.45) is 23.2 Å². The number of hydrogen-bond donors (Lipinski definition) is 0. The Morgan fingerprint density at radius 2 is 2.07 bits per heavy atom. The maximum absolute atomic E-state index is 11.7. The number of hydrogen-bond acceptors (Lipinski definition) is 1. The van der Waals surface area contributed by atoms with E-state index in [2.05, 4.69) is 0 Å². The molecule has 0 aliphatic heterocycles. The molecule has 3 aliphatic carbocycles. The van der Waals surface area contributed by atoms with Crippen molar-refractivity contribution in [3.8, 4) is 0 Å². The lowest BCUT2D eigenvalue weighted by Gasteiger charge is -2.47. The molecule has 3 saturated carbocycles. The Hall–Kier alpha value is -0.0400. The molecule has 4 bridgehead atoms. The monoisotopic (exact) mass is 212 g/mol. The molecular weight excluding hydrogens is 196 g/mol. The highest BCUT2D eigenvalue weighted by Gasteiger charge is 2.55. The van der Waals surface area contributed by atoms with Gasteiger partial charge in [-0.25, -0.2) is 0 Å². The minimum Gasteiger partial charge on any atom is -0.281 e. The molecule has 0 radical (unpaired) electrons. The van der Waals surface area contributed by atoms with Crippen molar-refractivity contribution >= 4 is 16.8 Å². The summed E-state index contributed by atoms with van der Waals surface area (Å²) in [6.07, 6.45) is 8.69. The Morgan fingerprint density at radius 1 is 1.21 bits per heavy atom. The first kappa shape index (κ1) is 9.21. The Kier molecular flexibility index (Phi) is 1.96. The van der Waals surface area contributed by atoms with Crippen LogP contribution in [0.1, 0.15) is 44.9 Å². The molecule has 0 amide bonds. The van der Waals surface area contributed by atoms with Gasteiger partial charge in [-0.05, 0) is 61.5 Å². The van der Waals surface area contributed by atoms with Crippen LogP contribution < -0.4 is 0 Å². The van der Waals surface area contributed by atoms with Crippen molar-refractivity contribution in [1.82, 2.24) is 0 Å². The Bertz CT molecular complexity index is 275. The van der Waals surface area contributed by atoms with E-state index in [1.54, 1.807) is 0 Å². The van der Waals surface area contributed by atoms with E-state index in [0.29, 0.717) is 5.92 Å². The molecule has 0 heterocycles. The van der Waals surface area contributed by atoms with Gasteiger partial charge in [0.2, 0.25) is 5.24 Å². The van der Waals surface area contributed by atoms with Crippen molar-refractivity contribution < 1.29 is 4.79 Å². The van der Waals surface area contributed by atoms with Gasteiger partial charge < -0.3 is 0 Å². The first-order valence-corrected chi connectivity index (χ1v) is 6.30. The standard InChI is InChI=1S/C12H17ClO/c13-11(14)12-5-1-2-9(7-12)8-3-4-10(12)6-8/h8-10H,1-7H2. The van der Waals surface area contributed by atoms with Gasteiger partial charge in [0.15, 0.2) is 0 Å². The lowest BCUT2D eigenvalue weighted by Crippen LogP contribution is -2.44. The lowest BCUT2D eigenvalue weighted by molar-refractivity contribution is -0.129. The summed E-state index contributed by atoms with van der Waals surface area (Å²) in [6, 6.07) is 0. The normalized spacial score (nSPS) is 50.5. The lowest BCUT2D eigenvalue weighted by atomic mass is 9.57. The van der Waals surface area contributed by atoms with Gasteiger partial charge in [-0.3, -0.25) is 4.79 Å². The average Bonchev–Trinajstić information content (AvgIpc) is 2.62. The van der Waals surface area contributed by atoms with Crippen molar-refractivity contribution in [1.29, 1.82) is 0 Å². The average molecular weight is 213 g/mol. The van der Waals surface area contributed by atoms with Crippen molar-refractivity contribution in [3.05, 3.63) is 0 Å². The second-order valence-electron chi connectivity index (χ2n) is 5.56. The number of rotatable bonds is 1. The van der Waals surface area contributed by atoms with E-state index >= 15 is 0 Å². The number of halogens is 1. The third-order valence-electron chi connectivity index (χ3n) is 5.14. The topological polar surface area (TPSA) is 17.1 Å². The summed E-state index contributed by atoms with van der Waals surface area (Å²) in [5, 5.41) is -0.0208. The molecule has 14 heavy (non-hydrogen) atoms. The molecule has 0 aromatic rings. The fraction of sp³-hybridized carbons (Fsp3) is 0.917. The number of carbonyl (C=O) groups excluding carboxylic acids is 1. The SMILES string of the molecule is O=C(Cl)C12CCCC(C1)C1CCC2C1. The minimum absolute atomic E-state index is 0.0208. The predicted molar refractivity (Wildman–Crippen MR) is 56.1 cm³/mol. The minimum atomic E-state index is -0.0858. The smallest absolute Gasteiger partial charge is 0.228 e. The van der Waals surface area contributed by atoms with Crippen LogP contribution in [0.4, 0.5) is 0 Å². The molecule has 4 unspecified atom stereocenters. The molecule has 0 spiro atoms. The summed E-state index contributed by atoms with van der Waals surface area (Å²) in [4.78, 5) is 11.7. The second kappa shape index (κ2) is 2.98. The van der Waals surface area contributed by atoms with Gasteiger partial charge >= 0.3 is 0 Å². The van der Waals surface area contributed by atoms with E-state index in [0.717, 1.165) is 24.7 Å². The van der Waals surface area contributed by atoms with Crippen LogP contribution in [-0.2, 0) is 4.79 Å². The molecule has 2 heteroatoms. The molecule has 3 aliphatic rings. The van der Waals surface area contributed by atoms with Crippen molar-refractivity contribution in [2.75, 3.05) is 0 Å². The zero-order chi connectivity index (χ0) is 9.76. The largest absolute Gasteiger partial charge is 0.281 e. The van der Waals surface area contributed by atoms with Crippen LogP contribution in [0.25, 0.3) is 0 Å². The summed E-state index contributed by atoms with van der Waals surface area (Å²) in [5.74, 6) is 2.39. The van der Waals surface area contributed by atoms with Crippen molar-refractivity contribution in [2.45, 2.75) is 44.9 Å². The van der Waals surface area contributed by atoms with E-state index < -0.39 is 0 Å². The summed E-state index contributed by atoms with van der Waals surface area (Å²) in [5.41, 5.74) is -0.0858. The van der Waals surface area contributed by atoms with Crippen molar-refractivity contribution in [3.63, 3.8) is 0 Å². The number of carbonyl (C=O) groups is 1. The Labute approximate surface area is 90.2 Å². The molecule has 78 valence electrons. The fourth-order valence-electron chi connectivity index (χ4n) is 4.41. The first-order chi connectivity index (χ1) is 6.72. The van der Waals surface area contributed by atoms with Gasteiger partial charge in [-0.15, -0.1) is 0 Å². The van der Waals surface area contributed by atoms with Gasteiger partial charge in [0.25, 0.3) is 0 Å². The second-order valence-corrected chi connectivity index (χ2v) is 5.90. The van der Waals surface area contributed by atoms with Crippen LogP contribution in [0, 0.1) is 23.2 Å². The summed E-state index contributed by atoms with van der Waals surface area (Å²) in [6.45, 7) is 0. The zero-order valence-electron chi connectivity index (χ0n) is 8.47. The molecule has 0 aromatic heterocycles. The van der Waals surface area contributed by atoms with Gasteiger partial charge in [0.05, 0.1) is 0 Å². The maximum Gasteiger partial charge on any atom is 0.228 e.